The average molecular weight is 174 g/mol. The molecule has 1 aromatic rings. The van der Waals surface area contributed by atoms with Crippen LogP contribution in [0.5, 0.6) is 0 Å². The zero-order valence-corrected chi connectivity index (χ0v) is 7.40. The standard InChI is InChI=1S/C10H10N2O/c1-2-12-13-8-10-6-4-3-5-9(10)7-11/h2-6H,8H2,1H3. The molecule has 0 bridgehead atoms. The highest BCUT2D eigenvalue weighted by Crippen LogP contribution is 2.08. The number of nitrogens with zero attached hydrogens (tertiary/aromatic N) is 2. The Labute approximate surface area is 77.2 Å². The van der Waals surface area contributed by atoms with Gasteiger partial charge in [0.1, 0.15) is 6.61 Å². The molecule has 0 atom stereocenters. The summed E-state index contributed by atoms with van der Waals surface area (Å²) in [7, 11) is 0. The summed E-state index contributed by atoms with van der Waals surface area (Å²) in [5.74, 6) is 0. The van der Waals surface area contributed by atoms with Crippen molar-refractivity contribution >= 4 is 6.21 Å². The third kappa shape index (κ3) is 2.60. The Kier molecular flexibility index (Phi) is 3.52. The van der Waals surface area contributed by atoms with Crippen LogP contribution in [0.25, 0.3) is 0 Å². The van der Waals surface area contributed by atoms with Crippen LogP contribution in [0.1, 0.15) is 18.1 Å². The van der Waals surface area contributed by atoms with Crippen molar-refractivity contribution in [1.29, 1.82) is 5.26 Å². The third-order valence-electron chi connectivity index (χ3n) is 1.54. The smallest absolute Gasteiger partial charge is 0.143 e. The van der Waals surface area contributed by atoms with Gasteiger partial charge in [-0.15, -0.1) is 0 Å². The molecule has 0 saturated heterocycles. The summed E-state index contributed by atoms with van der Waals surface area (Å²) in [6, 6.07) is 9.39. The van der Waals surface area contributed by atoms with Gasteiger partial charge in [-0.3, -0.25) is 0 Å². The first-order valence-electron chi connectivity index (χ1n) is 3.96. The van der Waals surface area contributed by atoms with Crippen molar-refractivity contribution < 1.29 is 4.84 Å². The predicted octanol–water partition coefficient (Wildman–Crippen LogP) is 2.08. The van der Waals surface area contributed by atoms with Crippen molar-refractivity contribution in [1.82, 2.24) is 0 Å². The summed E-state index contributed by atoms with van der Waals surface area (Å²) >= 11 is 0. The van der Waals surface area contributed by atoms with E-state index in [4.69, 9.17) is 10.1 Å². The topological polar surface area (TPSA) is 45.4 Å². The Morgan fingerprint density at radius 2 is 2.31 bits per heavy atom. The van der Waals surface area contributed by atoms with Crippen LogP contribution in [-0.4, -0.2) is 6.21 Å². The van der Waals surface area contributed by atoms with Gasteiger partial charge in [0.05, 0.1) is 11.6 Å². The van der Waals surface area contributed by atoms with E-state index in [0.29, 0.717) is 12.2 Å². The zero-order valence-electron chi connectivity index (χ0n) is 7.40. The molecule has 1 aromatic carbocycles. The maximum Gasteiger partial charge on any atom is 0.143 e. The molecule has 3 heteroatoms. The summed E-state index contributed by atoms with van der Waals surface area (Å²) in [4.78, 5) is 4.93. The Bertz CT molecular complexity index is 339. The van der Waals surface area contributed by atoms with Gasteiger partial charge in [0.25, 0.3) is 0 Å². The minimum atomic E-state index is 0.341. The molecule has 0 radical (unpaired) electrons. The first-order chi connectivity index (χ1) is 6.38. The molecule has 0 aliphatic rings. The molecule has 13 heavy (non-hydrogen) atoms. The summed E-state index contributed by atoms with van der Waals surface area (Å²) < 4.78 is 0. The molecule has 66 valence electrons. The second-order valence-electron chi connectivity index (χ2n) is 2.41. The van der Waals surface area contributed by atoms with Crippen LogP contribution in [-0.2, 0) is 11.4 Å². The highest BCUT2D eigenvalue weighted by Gasteiger charge is 1.99. The van der Waals surface area contributed by atoms with E-state index in [0.717, 1.165) is 5.56 Å². The number of benzene rings is 1. The highest BCUT2D eigenvalue weighted by atomic mass is 16.6. The van der Waals surface area contributed by atoms with E-state index >= 15 is 0 Å². The molecule has 0 heterocycles. The fourth-order valence-electron chi connectivity index (χ4n) is 0.937. The Morgan fingerprint density at radius 1 is 1.54 bits per heavy atom. The van der Waals surface area contributed by atoms with Gasteiger partial charge < -0.3 is 4.84 Å². The second-order valence-corrected chi connectivity index (χ2v) is 2.41. The Morgan fingerprint density at radius 3 is 3.00 bits per heavy atom. The minimum Gasteiger partial charge on any atom is -0.391 e. The van der Waals surface area contributed by atoms with Crippen LogP contribution in [0.15, 0.2) is 29.4 Å². The zero-order chi connectivity index (χ0) is 9.52. The lowest BCUT2D eigenvalue weighted by Crippen LogP contribution is -1.90. The maximum atomic E-state index is 8.73. The van der Waals surface area contributed by atoms with E-state index in [1.807, 2.05) is 18.2 Å². The fourth-order valence-corrected chi connectivity index (χ4v) is 0.937. The van der Waals surface area contributed by atoms with Crippen molar-refractivity contribution in [2.24, 2.45) is 5.16 Å². The van der Waals surface area contributed by atoms with Gasteiger partial charge in [0.2, 0.25) is 0 Å². The SMILES string of the molecule is CC=NOCc1ccccc1C#N. The molecule has 0 aliphatic carbocycles. The van der Waals surface area contributed by atoms with Crippen LogP contribution in [0.3, 0.4) is 0 Å². The van der Waals surface area contributed by atoms with Crippen molar-refractivity contribution in [2.75, 3.05) is 0 Å². The molecule has 0 saturated carbocycles. The summed E-state index contributed by atoms with van der Waals surface area (Å²) in [6.45, 7) is 2.12. The Balaban J connectivity index is 2.71. The molecular weight excluding hydrogens is 164 g/mol. The molecule has 0 aliphatic heterocycles. The lowest BCUT2D eigenvalue weighted by Gasteiger charge is -2.00. The second kappa shape index (κ2) is 4.94. The van der Waals surface area contributed by atoms with Crippen LogP contribution in [0.4, 0.5) is 0 Å². The van der Waals surface area contributed by atoms with Crippen LogP contribution in [0, 0.1) is 11.3 Å². The molecular formula is C10H10N2O. The molecule has 0 N–H and O–H groups in total. The summed E-state index contributed by atoms with van der Waals surface area (Å²) in [5, 5.41) is 12.3. The number of hydrogen-bond acceptors (Lipinski definition) is 3. The van der Waals surface area contributed by atoms with E-state index < -0.39 is 0 Å². The quantitative estimate of drug-likeness (QED) is 0.520. The largest absolute Gasteiger partial charge is 0.391 e. The highest BCUT2D eigenvalue weighted by molar-refractivity contribution is 5.52. The van der Waals surface area contributed by atoms with E-state index in [1.165, 1.54) is 0 Å². The third-order valence-corrected chi connectivity index (χ3v) is 1.54. The predicted molar refractivity (Wildman–Crippen MR) is 50.1 cm³/mol. The van der Waals surface area contributed by atoms with Gasteiger partial charge in [0.15, 0.2) is 0 Å². The number of hydrogen-bond donors (Lipinski definition) is 0. The number of rotatable bonds is 3. The van der Waals surface area contributed by atoms with Gasteiger partial charge in [-0.1, -0.05) is 23.4 Å². The minimum absolute atomic E-state index is 0.341. The molecule has 0 aromatic heterocycles. The van der Waals surface area contributed by atoms with Gasteiger partial charge in [-0.25, -0.2) is 0 Å². The van der Waals surface area contributed by atoms with Crippen LogP contribution in [0.2, 0.25) is 0 Å². The van der Waals surface area contributed by atoms with E-state index in [-0.39, 0.29) is 0 Å². The van der Waals surface area contributed by atoms with Crippen molar-refractivity contribution in [2.45, 2.75) is 13.5 Å². The number of nitriles is 1. The molecule has 0 spiro atoms. The lowest BCUT2D eigenvalue weighted by atomic mass is 10.1. The van der Waals surface area contributed by atoms with Crippen LogP contribution >= 0.6 is 0 Å². The van der Waals surface area contributed by atoms with E-state index in [1.54, 1.807) is 19.2 Å². The molecule has 0 amide bonds. The first kappa shape index (κ1) is 9.27. The van der Waals surface area contributed by atoms with Crippen molar-refractivity contribution in [3.8, 4) is 6.07 Å². The van der Waals surface area contributed by atoms with Crippen molar-refractivity contribution in [3.05, 3.63) is 35.4 Å². The lowest BCUT2D eigenvalue weighted by molar-refractivity contribution is 0.131. The van der Waals surface area contributed by atoms with E-state index in [9.17, 15) is 0 Å². The molecule has 1 rings (SSSR count). The fraction of sp³-hybridized carbons (Fsp3) is 0.200. The molecule has 3 nitrogen and oxygen atoms in total. The van der Waals surface area contributed by atoms with Gasteiger partial charge in [-0.2, -0.15) is 5.26 Å². The Hall–Kier alpha value is -1.82. The first-order valence-corrected chi connectivity index (χ1v) is 3.96. The maximum absolute atomic E-state index is 8.73. The van der Waals surface area contributed by atoms with Crippen molar-refractivity contribution in [3.63, 3.8) is 0 Å². The molecule has 0 fully saturated rings. The summed E-state index contributed by atoms with van der Waals surface area (Å²) in [5.41, 5.74) is 1.49. The number of oxime groups is 1. The van der Waals surface area contributed by atoms with Gasteiger partial charge in [-0.05, 0) is 13.0 Å². The average Bonchev–Trinajstić information content (AvgIpc) is 2.19. The monoisotopic (exact) mass is 174 g/mol. The normalized spacial score (nSPS) is 9.85. The van der Waals surface area contributed by atoms with Gasteiger partial charge in [0, 0.05) is 11.8 Å². The molecule has 0 unspecified atom stereocenters. The van der Waals surface area contributed by atoms with E-state index in [2.05, 4.69) is 11.2 Å². The van der Waals surface area contributed by atoms with Crippen LogP contribution < -0.4 is 0 Å². The van der Waals surface area contributed by atoms with Gasteiger partial charge >= 0.3 is 0 Å². The summed E-state index contributed by atoms with van der Waals surface area (Å²) in [6.07, 6.45) is 1.56.